The first-order chi connectivity index (χ1) is 8.97. The molecule has 1 aromatic carbocycles. The minimum Gasteiger partial charge on any atom is -0.381 e. The van der Waals surface area contributed by atoms with Gasteiger partial charge in [-0.3, -0.25) is 0 Å². The van der Waals surface area contributed by atoms with Gasteiger partial charge in [-0.1, -0.05) is 12.1 Å². The molecule has 0 atom stereocenters. The molecule has 1 aromatic heterocycles. The van der Waals surface area contributed by atoms with Gasteiger partial charge in [0, 0.05) is 19.7 Å². The van der Waals surface area contributed by atoms with Crippen LogP contribution in [0.2, 0.25) is 0 Å². The summed E-state index contributed by atoms with van der Waals surface area (Å²) >= 11 is 0. The van der Waals surface area contributed by atoms with Crippen molar-refractivity contribution in [3.8, 4) is 0 Å². The molecule has 6 heteroatoms. The van der Waals surface area contributed by atoms with Crippen molar-refractivity contribution in [2.75, 3.05) is 17.7 Å². The standard InChI is InChI=1S/C13H12F3N3/c1-19(7-8-2-4-9(14)5-3-8)13-11(16)6-10(15)12(17)18-13/h2-6H,7H2,1H3,(H2,17,18). The van der Waals surface area contributed by atoms with E-state index in [0.29, 0.717) is 12.6 Å². The first kappa shape index (κ1) is 13.2. The number of anilines is 2. The fourth-order valence-electron chi connectivity index (χ4n) is 1.68. The summed E-state index contributed by atoms with van der Waals surface area (Å²) in [6.45, 7) is 0.301. The van der Waals surface area contributed by atoms with Gasteiger partial charge >= 0.3 is 0 Å². The Balaban J connectivity index is 2.22. The number of aromatic nitrogens is 1. The second kappa shape index (κ2) is 5.17. The number of hydrogen-bond acceptors (Lipinski definition) is 3. The van der Waals surface area contributed by atoms with Crippen LogP contribution in [0.15, 0.2) is 30.3 Å². The van der Waals surface area contributed by atoms with Gasteiger partial charge in [-0.2, -0.15) is 0 Å². The van der Waals surface area contributed by atoms with Gasteiger partial charge in [0.25, 0.3) is 0 Å². The van der Waals surface area contributed by atoms with Gasteiger partial charge in [-0.15, -0.1) is 0 Å². The summed E-state index contributed by atoms with van der Waals surface area (Å²) in [5, 5.41) is 0. The molecule has 3 nitrogen and oxygen atoms in total. The van der Waals surface area contributed by atoms with Gasteiger partial charge in [0.2, 0.25) is 0 Å². The van der Waals surface area contributed by atoms with Crippen molar-refractivity contribution in [1.82, 2.24) is 4.98 Å². The molecule has 2 rings (SSSR count). The maximum atomic E-state index is 13.6. The molecule has 0 saturated heterocycles. The van der Waals surface area contributed by atoms with Crippen LogP contribution in [-0.2, 0) is 6.54 Å². The summed E-state index contributed by atoms with van der Waals surface area (Å²) in [5.41, 5.74) is 6.08. The lowest BCUT2D eigenvalue weighted by molar-refractivity contribution is 0.573. The zero-order valence-electron chi connectivity index (χ0n) is 10.2. The molecular formula is C13H12F3N3. The van der Waals surface area contributed by atoms with E-state index in [-0.39, 0.29) is 17.5 Å². The van der Waals surface area contributed by atoms with Crippen molar-refractivity contribution in [2.45, 2.75) is 6.54 Å². The molecule has 0 aliphatic carbocycles. The molecule has 0 aliphatic heterocycles. The number of nitrogen functional groups attached to an aromatic ring is 1. The Kier molecular flexibility index (Phi) is 3.59. The number of pyridine rings is 1. The number of nitrogens with two attached hydrogens (primary N) is 1. The van der Waals surface area contributed by atoms with E-state index in [9.17, 15) is 13.2 Å². The largest absolute Gasteiger partial charge is 0.381 e. The SMILES string of the molecule is CN(Cc1ccc(F)cc1)c1nc(N)c(F)cc1F. The highest BCUT2D eigenvalue weighted by Gasteiger charge is 2.13. The van der Waals surface area contributed by atoms with Crippen molar-refractivity contribution < 1.29 is 13.2 Å². The topological polar surface area (TPSA) is 42.2 Å². The van der Waals surface area contributed by atoms with Crippen LogP contribution in [0.5, 0.6) is 0 Å². The Labute approximate surface area is 108 Å². The maximum Gasteiger partial charge on any atom is 0.168 e. The van der Waals surface area contributed by atoms with Crippen LogP contribution in [0.3, 0.4) is 0 Å². The zero-order chi connectivity index (χ0) is 14.0. The smallest absolute Gasteiger partial charge is 0.168 e. The van der Waals surface area contributed by atoms with Gasteiger partial charge in [0.15, 0.2) is 23.3 Å². The molecule has 0 fully saturated rings. The molecule has 0 unspecified atom stereocenters. The lowest BCUT2D eigenvalue weighted by Crippen LogP contribution is -2.20. The van der Waals surface area contributed by atoms with Crippen molar-refractivity contribution in [2.24, 2.45) is 0 Å². The van der Waals surface area contributed by atoms with Crippen LogP contribution in [0.25, 0.3) is 0 Å². The maximum absolute atomic E-state index is 13.6. The zero-order valence-corrected chi connectivity index (χ0v) is 10.2. The van der Waals surface area contributed by atoms with Crippen molar-refractivity contribution in [1.29, 1.82) is 0 Å². The average Bonchev–Trinajstić information content (AvgIpc) is 2.36. The Morgan fingerprint density at radius 2 is 1.74 bits per heavy atom. The van der Waals surface area contributed by atoms with Crippen molar-refractivity contribution >= 4 is 11.6 Å². The number of rotatable bonds is 3. The monoisotopic (exact) mass is 267 g/mol. The first-order valence-electron chi connectivity index (χ1n) is 5.54. The molecule has 0 spiro atoms. The summed E-state index contributed by atoms with van der Waals surface area (Å²) in [6.07, 6.45) is 0. The van der Waals surface area contributed by atoms with E-state index < -0.39 is 11.6 Å². The molecule has 100 valence electrons. The summed E-state index contributed by atoms with van der Waals surface area (Å²) < 4.78 is 39.4. The third-order valence-corrected chi connectivity index (χ3v) is 2.63. The van der Waals surface area contributed by atoms with E-state index in [0.717, 1.165) is 5.56 Å². The Hall–Kier alpha value is -2.24. The molecule has 2 N–H and O–H groups in total. The Bertz CT molecular complexity index is 584. The molecule has 0 bridgehead atoms. The highest BCUT2D eigenvalue weighted by molar-refractivity contribution is 5.47. The van der Waals surface area contributed by atoms with Crippen molar-refractivity contribution in [3.63, 3.8) is 0 Å². The van der Waals surface area contributed by atoms with Gasteiger partial charge in [0.05, 0.1) is 0 Å². The summed E-state index contributed by atoms with van der Waals surface area (Å²) in [7, 11) is 1.59. The molecule has 19 heavy (non-hydrogen) atoms. The third-order valence-electron chi connectivity index (χ3n) is 2.63. The summed E-state index contributed by atoms with van der Waals surface area (Å²) in [6, 6.07) is 6.48. The van der Waals surface area contributed by atoms with Crippen LogP contribution >= 0.6 is 0 Å². The van der Waals surface area contributed by atoms with Gasteiger partial charge in [0.1, 0.15) is 5.82 Å². The van der Waals surface area contributed by atoms with E-state index in [1.165, 1.54) is 17.0 Å². The van der Waals surface area contributed by atoms with Crippen LogP contribution in [0.1, 0.15) is 5.56 Å². The van der Waals surface area contributed by atoms with Gasteiger partial charge in [-0.05, 0) is 17.7 Å². The molecule has 2 aromatic rings. The highest BCUT2D eigenvalue weighted by Crippen LogP contribution is 2.21. The fraction of sp³-hybridized carbons (Fsp3) is 0.154. The van der Waals surface area contributed by atoms with E-state index in [2.05, 4.69) is 4.98 Å². The molecule has 0 radical (unpaired) electrons. The van der Waals surface area contributed by atoms with Crippen molar-refractivity contribution in [3.05, 3.63) is 53.3 Å². The lowest BCUT2D eigenvalue weighted by Gasteiger charge is -2.19. The van der Waals surface area contributed by atoms with E-state index in [1.807, 2.05) is 0 Å². The average molecular weight is 267 g/mol. The molecule has 0 amide bonds. The predicted octanol–water partition coefficient (Wildman–Crippen LogP) is 2.72. The van der Waals surface area contributed by atoms with E-state index >= 15 is 0 Å². The molecule has 1 heterocycles. The third kappa shape index (κ3) is 2.96. The minimum absolute atomic E-state index is 0.0526. The fourth-order valence-corrected chi connectivity index (χ4v) is 1.68. The Morgan fingerprint density at radius 1 is 1.11 bits per heavy atom. The highest BCUT2D eigenvalue weighted by atomic mass is 19.1. The van der Waals surface area contributed by atoms with Crippen LogP contribution < -0.4 is 10.6 Å². The van der Waals surface area contributed by atoms with Crippen LogP contribution in [0, 0.1) is 17.5 Å². The number of halogens is 3. The number of nitrogens with zero attached hydrogens (tertiary/aromatic N) is 2. The molecule has 0 aliphatic rings. The second-order valence-corrected chi connectivity index (χ2v) is 4.14. The molecule has 0 saturated carbocycles. The lowest BCUT2D eigenvalue weighted by atomic mass is 10.2. The summed E-state index contributed by atoms with van der Waals surface area (Å²) in [5.74, 6) is -2.44. The van der Waals surface area contributed by atoms with E-state index in [1.54, 1.807) is 19.2 Å². The number of benzene rings is 1. The normalized spacial score (nSPS) is 10.5. The number of hydrogen-bond donors (Lipinski definition) is 1. The van der Waals surface area contributed by atoms with E-state index in [4.69, 9.17) is 5.73 Å². The quantitative estimate of drug-likeness (QED) is 0.929. The van der Waals surface area contributed by atoms with Gasteiger partial charge < -0.3 is 10.6 Å². The first-order valence-corrected chi connectivity index (χ1v) is 5.54. The van der Waals surface area contributed by atoms with Crippen LogP contribution in [-0.4, -0.2) is 12.0 Å². The summed E-state index contributed by atoms with van der Waals surface area (Å²) in [4.78, 5) is 5.14. The minimum atomic E-state index is -0.892. The molecular weight excluding hydrogens is 255 g/mol. The predicted molar refractivity (Wildman–Crippen MR) is 67.1 cm³/mol. The van der Waals surface area contributed by atoms with Gasteiger partial charge in [-0.25, -0.2) is 18.2 Å². The van der Waals surface area contributed by atoms with Crippen LogP contribution in [0.4, 0.5) is 24.8 Å². The Morgan fingerprint density at radius 3 is 2.37 bits per heavy atom. The second-order valence-electron chi connectivity index (χ2n) is 4.14.